The highest BCUT2D eigenvalue weighted by molar-refractivity contribution is 7.85. The van der Waals surface area contributed by atoms with Crippen molar-refractivity contribution in [3.8, 4) is 0 Å². The fourth-order valence-corrected chi connectivity index (χ4v) is 1.88. The number of nitrogens with zero attached hydrogens (tertiary/aromatic N) is 1. The zero-order valence-corrected chi connectivity index (χ0v) is 8.25. The normalized spacial score (nSPS) is 12.0. The molecule has 0 aliphatic rings. The molecular formula is C8H11NO3S. The molecule has 0 bridgehead atoms. The van der Waals surface area contributed by atoms with Gasteiger partial charge in [0.05, 0.1) is 0 Å². The topological polar surface area (TPSA) is 67.3 Å². The Bertz CT molecular complexity index is 398. The summed E-state index contributed by atoms with van der Waals surface area (Å²) in [7, 11) is -4.14. The Kier molecular flexibility index (Phi) is 2.68. The van der Waals surface area contributed by atoms with E-state index in [4.69, 9.17) is 4.55 Å². The standard InChI is InChI=1S/C8H11NO3S/c1-6(2)7-3-4-9-5-8(7)13(10,11)12/h3-6H,1-2H3,(H,10,11,12). The second-order valence-electron chi connectivity index (χ2n) is 3.04. The molecule has 0 unspecified atom stereocenters. The summed E-state index contributed by atoms with van der Waals surface area (Å²) in [5.41, 5.74) is 0.581. The largest absolute Gasteiger partial charge is 0.296 e. The summed E-state index contributed by atoms with van der Waals surface area (Å²) in [6.45, 7) is 3.70. The molecule has 1 rings (SSSR count). The van der Waals surface area contributed by atoms with Crippen LogP contribution in [0, 0.1) is 0 Å². The lowest BCUT2D eigenvalue weighted by Gasteiger charge is -2.08. The molecule has 1 heterocycles. The van der Waals surface area contributed by atoms with E-state index in [0.717, 1.165) is 6.20 Å². The molecule has 0 aliphatic heterocycles. The lowest BCUT2D eigenvalue weighted by atomic mass is 10.1. The van der Waals surface area contributed by atoms with E-state index in [1.54, 1.807) is 6.07 Å². The van der Waals surface area contributed by atoms with E-state index in [1.807, 2.05) is 13.8 Å². The summed E-state index contributed by atoms with van der Waals surface area (Å²) >= 11 is 0. The first-order valence-electron chi connectivity index (χ1n) is 3.84. The molecule has 0 atom stereocenters. The van der Waals surface area contributed by atoms with Gasteiger partial charge in [-0.05, 0) is 17.5 Å². The predicted molar refractivity (Wildman–Crippen MR) is 48.1 cm³/mol. The van der Waals surface area contributed by atoms with Crippen LogP contribution in [0.2, 0.25) is 0 Å². The highest BCUT2D eigenvalue weighted by atomic mass is 32.2. The first kappa shape index (κ1) is 10.1. The van der Waals surface area contributed by atoms with Crippen LogP contribution in [0.25, 0.3) is 0 Å². The van der Waals surface area contributed by atoms with Gasteiger partial charge < -0.3 is 0 Å². The first-order valence-corrected chi connectivity index (χ1v) is 5.28. The third-order valence-corrected chi connectivity index (χ3v) is 2.61. The summed E-state index contributed by atoms with van der Waals surface area (Å²) < 4.78 is 30.6. The van der Waals surface area contributed by atoms with Gasteiger partial charge in [0.1, 0.15) is 4.90 Å². The zero-order valence-electron chi connectivity index (χ0n) is 7.43. The fourth-order valence-electron chi connectivity index (χ4n) is 1.08. The van der Waals surface area contributed by atoms with Crippen LogP contribution in [-0.2, 0) is 10.1 Å². The maximum Gasteiger partial charge on any atom is 0.296 e. The van der Waals surface area contributed by atoms with Crippen LogP contribution in [0.3, 0.4) is 0 Å². The van der Waals surface area contributed by atoms with Crippen LogP contribution in [-0.4, -0.2) is 18.0 Å². The molecule has 0 saturated heterocycles. The van der Waals surface area contributed by atoms with Crippen molar-refractivity contribution in [2.75, 3.05) is 0 Å². The molecule has 0 fully saturated rings. The van der Waals surface area contributed by atoms with E-state index in [1.165, 1.54) is 6.20 Å². The Morgan fingerprint density at radius 3 is 2.46 bits per heavy atom. The molecule has 0 amide bonds. The Morgan fingerprint density at radius 2 is 2.08 bits per heavy atom. The molecule has 1 N–H and O–H groups in total. The van der Waals surface area contributed by atoms with Crippen molar-refractivity contribution in [1.29, 1.82) is 0 Å². The molecule has 4 nitrogen and oxygen atoms in total. The van der Waals surface area contributed by atoms with Crippen molar-refractivity contribution in [3.05, 3.63) is 24.0 Å². The van der Waals surface area contributed by atoms with Gasteiger partial charge in [-0.1, -0.05) is 13.8 Å². The summed E-state index contributed by atoms with van der Waals surface area (Å²) in [5.74, 6) is 0.0416. The molecule has 72 valence electrons. The summed E-state index contributed by atoms with van der Waals surface area (Å²) in [5, 5.41) is 0. The van der Waals surface area contributed by atoms with Gasteiger partial charge in [0.15, 0.2) is 0 Å². The van der Waals surface area contributed by atoms with Gasteiger partial charge in [0.2, 0.25) is 0 Å². The minimum atomic E-state index is -4.14. The average molecular weight is 201 g/mol. The monoisotopic (exact) mass is 201 g/mol. The number of rotatable bonds is 2. The van der Waals surface area contributed by atoms with Gasteiger partial charge in [-0.2, -0.15) is 8.42 Å². The molecule has 13 heavy (non-hydrogen) atoms. The van der Waals surface area contributed by atoms with Gasteiger partial charge in [-0.25, -0.2) is 0 Å². The molecule has 5 heteroatoms. The van der Waals surface area contributed by atoms with E-state index in [-0.39, 0.29) is 10.8 Å². The molecule has 1 aromatic heterocycles. The van der Waals surface area contributed by atoms with E-state index < -0.39 is 10.1 Å². The van der Waals surface area contributed by atoms with Crippen LogP contribution in [0.1, 0.15) is 25.3 Å². The summed E-state index contributed by atoms with van der Waals surface area (Å²) in [6, 6.07) is 1.59. The Hall–Kier alpha value is -0.940. The molecule has 1 aromatic rings. The van der Waals surface area contributed by atoms with Gasteiger partial charge in [0.25, 0.3) is 10.1 Å². The van der Waals surface area contributed by atoms with Gasteiger partial charge in [0, 0.05) is 12.4 Å². The fraction of sp³-hybridized carbons (Fsp3) is 0.375. The number of hydrogen-bond donors (Lipinski definition) is 1. The van der Waals surface area contributed by atoms with Gasteiger partial charge in [-0.15, -0.1) is 0 Å². The third-order valence-electron chi connectivity index (χ3n) is 1.72. The van der Waals surface area contributed by atoms with Crippen LogP contribution in [0.15, 0.2) is 23.4 Å². The smallest absolute Gasteiger partial charge is 0.282 e. The Labute approximate surface area is 77.4 Å². The second-order valence-corrected chi connectivity index (χ2v) is 4.43. The van der Waals surface area contributed by atoms with Crippen molar-refractivity contribution in [3.63, 3.8) is 0 Å². The van der Waals surface area contributed by atoms with Crippen LogP contribution in [0.4, 0.5) is 0 Å². The van der Waals surface area contributed by atoms with E-state index >= 15 is 0 Å². The number of aromatic nitrogens is 1. The molecule has 0 aromatic carbocycles. The molecular weight excluding hydrogens is 190 g/mol. The van der Waals surface area contributed by atoms with Crippen LogP contribution >= 0.6 is 0 Å². The zero-order chi connectivity index (χ0) is 10.1. The predicted octanol–water partition coefficient (Wildman–Crippen LogP) is 1.45. The van der Waals surface area contributed by atoms with Crippen molar-refractivity contribution >= 4 is 10.1 Å². The lowest BCUT2D eigenvalue weighted by Crippen LogP contribution is -2.04. The Balaban J connectivity index is 3.37. The summed E-state index contributed by atoms with van der Waals surface area (Å²) in [4.78, 5) is 3.55. The van der Waals surface area contributed by atoms with Gasteiger partial charge in [-0.3, -0.25) is 9.54 Å². The number of hydrogen-bond acceptors (Lipinski definition) is 3. The van der Waals surface area contributed by atoms with E-state index in [9.17, 15) is 8.42 Å². The molecule has 0 aliphatic carbocycles. The molecule has 0 saturated carbocycles. The lowest BCUT2D eigenvalue weighted by molar-refractivity contribution is 0.481. The first-order chi connectivity index (χ1) is 5.93. The van der Waals surface area contributed by atoms with Crippen molar-refractivity contribution in [1.82, 2.24) is 4.98 Å². The second kappa shape index (κ2) is 3.43. The van der Waals surface area contributed by atoms with E-state index in [0.29, 0.717) is 5.56 Å². The molecule has 0 radical (unpaired) electrons. The van der Waals surface area contributed by atoms with Crippen LogP contribution < -0.4 is 0 Å². The highest BCUT2D eigenvalue weighted by Gasteiger charge is 2.16. The van der Waals surface area contributed by atoms with Crippen molar-refractivity contribution < 1.29 is 13.0 Å². The summed E-state index contributed by atoms with van der Waals surface area (Å²) in [6.07, 6.45) is 2.66. The minimum absolute atomic E-state index is 0.0416. The molecule has 0 spiro atoms. The quantitative estimate of drug-likeness (QED) is 0.735. The van der Waals surface area contributed by atoms with Crippen molar-refractivity contribution in [2.24, 2.45) is 0 Å². The minimum Gasteiger partial charge on any atom is -0.282 e. The maximum absolute atomic E-state index is 10.9. The highest BCUT2D eigenvalue weighted by Crippen LogP contribution is 2.21. The Morgan fingerprint density at radius 1 is 1.46 bits per heavy atom. The number of pyridine rings is 1. The van der Waals surface area contributed by atoms with Crippen LogP contribution in [0.5, 0.6) is 0 Å². The van der Waals surface area contributed by atoms with Gasteiger partial charge >= 0.3 is 0 Å². The third kappa shape index (κ3) is 2.26. The maximum atomic E-state index is 10.9. The van der Waals surface area contributed by atoms with E-state index in [2.05, 4.69) is 4.98 Å². The van der Waals surface area contributed by atoms with Crippen molar-refractivity contribution in [2.45, 2.75) is 24.7 Å². The SMILES string of the molecule is CC(C)c1ccncc1S(=O)(=O)O. The average Bonchev–Trinajstić information content (AvgIpc) is 2.03.